The molecule has 1 aromatic carbocycles. The largest absolute Gasteiger partial charge is 0.395 e. The van der Waals surface area contributed by atoms with Crippen molar-refractivity contribution >= 4 is 41.4 Å². The van der Waals surface area contributed by atoms with Crippen molar-refractivity contribution in [3.8, 4) is 0 Å². The van der Waals surface area contributed by atoms with E-state index >= 15 is 0 Å². The van der Waals surface area contributed by atoms with E-state index < -0.39 is 5.54 Å². The van der Waals surface area contributed by atoms with Gasteiger partial charge in [-0.15, -0.1) is 0 Å². The van der Waals surface area contributed by atoms with E-state index in [9.17, 15) is 14.7 Å². The van der Waals surface area contributed by atoms with Crippen LogP contribution in [0, 0.1) is 13.8 Å². The first-order chi connectivity index (χ1) is 18.3. The van der Waals surface area contributed by atoms with Crippen molar-refractivity contribution in [3.05, 3.63) is 34.2 Å². The van der Waals surface area contributed by atoms with Gasteiger partial charge in [0.05, 0.1) is 6.61 Å². The Morgan fingerprint density at radius 2 is 1.76 bits per heavy atom. The van der Waals surface area contributed by atoms with E-state index in [0.29, 0.717) is 6.54 Å². The van der Waals surface area contributed by atoms with Crippen LogP contribution in [0.15, 0.2) is 22.5 Å². The Hall–Kier alpha value is -2.16. The minimum absolute atomic E-state index is 0.0689. The summed E-state index contributed by atoms with van der Waals surface area (Å²) < 4.78 is 2.30. The lowest BCUT2D eigenvalue weighted by Crippen LogP contribution is -2.47. The second-order valence-electron chi connectivity index (χ2n) is 10.6. The fourth-order valence-electron chi connectivity index (χ4n) is 5.38. The molecular weight excluding hydrogens is 496 g/mol. The van der Waals surface area contributed by atoms with Crippen molar-refractivity contribution in [1.82, 2.24) is 9.62 Å². The summed E-state index contributed by atoms with van der Waals surface area (Å²) in [4.78, 5) is 31.3. The molecule has 38 heavy (non-hydrogen) atoms. The zero-order chi connectivity index (χ0) is 27.5. The number of aryl methyl sites for hydroxylation is 2. The molecule has 0 atom stereocenters. The fourth-order valence-corrected chi connectivity index (χ4v) is 6.14. The minimum Gasteiger partial charge on any atom is -0.395 e. The Balaban J connectivity index is 1.49. The molecule has 2 heterocycles. The Bertz CT molecular complexity index is 992. The van der Waals surface area contributed by atoms with Gasteiger partial charge in [-0.1, -0.05) is 57.4 Å². The molecule has 0 aromatic heterocycles. The molecule has 0 unspecified atom stereocenters. The molecule has 2 aliphatic heterocycles. The van der Waals surface area contributed by atoms with Crippen LogP contribution >= 0.6 is 11.9 Å². The zero-order valence-electron chi connectivity index (χ0n) is 23.7. The molecule has 1 aromatic rings. The van der Waals surface area contributed by atoms with Crippen molar-refractivity contribution in [3.63, 3.8) is 0 Å². The van der Waals surface area contributed by atoms with Crippen molar-refractivity contribution in [2.75, 3.05) is 31.1 Å². The number of aliphatic hydroxyl groups is 1. The second-order valence-corrected chi connectivity index (χ2v) is 11.6. The van der Waals surface area contributed by atoms with Gasteiger partial charge in [-0.3, -0.25) is 14.6 Å². The highest BCUT2D eigenvalue weighted by molar-refractivity contribution is 8.00. The van der Waals surface area contributed by atoms with Gasteiger partial charge in [0.15, 0.2) is 0 Å². The SMILES string of the molecule is CCCCCCCCCC1=NC2(CCN(S/C=C/c3c(C)cc(N(CCO)C(C)=O)cc3C)CC2)C(=O)N1. The first kappa shape index (κ1) is 30.4. The highest BCUT2D eigenvalue weighted by Crippen LogP contribution is 2.34. The lowest BCUT2D eigenvalue weighted by atomic mass is 9.89. The van der Waals surface area contributed by atoms with E-state index in [4.69, 9.17) is 4.99 Å². The van der Waals surface area contributed by atoms with Crippen molar-refractivity contribution in [2.45, 2.75) is 97.4 Å². The number of benzene rings is 1. The monoisotopic (exact) mass is 542 g/mol. The summed E-state index contributed by atoms with van der Waals surface area (Å²) in [6.45, 7) is 9.72. The number of anilines is 1. The summed E-state index contributed by atoms with van der Waals surface area (Å²) in [5, 5.41) is 14.5. The Morgan fingerprint density at radius 3 is 2.37 bits per heavy atom. The van der Waals surface area contributed by atoms with E-state index in [1.54, 1.807) is 16.8 Å². The first-order valence-electron chi connectivity index (χ1n) is 14.3. The maximum atomic E-state index is 12.8. The lowest BCUT2D eigenvalue weighted by molar-refractivity contribution is -0.125. The number of nitrogens with zero attached hydrogens (tertiary/aromatic N) is 3. The number of amides is 2. The highest BCUT2D eigenvalue weighted by Gasteiger charge is 2.45. The first-order valence-corrected chi connectivity index (χ1v) is 15.1. The highest BCUT2D eigenvalue weighted by atomic mass is 32.2. The third-order valence-corrected chi connectivity index (χ3v) is 8.56. The molecule has 1 fully saturated rings. The molecule has 210 valence electrons. The topological polar surface area (TPSA) is 85.2 Å². The van der Waals surface area contributed by atoms with Crippen LogP contribution in [0.2, 0.25) is 0 Å². The van der Waals surface area contributed by atoms with Crippen LogP contribution < -0.4 is 10.2 Å². The van der Waals surface area contributed by atoms with E-state index in [-0.39, 0.29) is 18.4 Å². The van der Waals surface area contributed by atoms with Crippen LogP contribution in [0.3, 0.4) is 0 Å². The maximum absolute atomic E-state index is 12.8. The van der Waals surface area contributed by atoms with Gasteiger partial charge in [-0.25, -0.2) is 4.31 Å². The molecule has 0 saturated carbocycles. The predicted octanol–water partition coefficient (Wildman–Crippen LogP) is 5.77. The van der Waals surface area contributed by atoms with Gasteiger partial charge in [0, 0.05) is 38.7 Å². The predicted molar refractivity (Wildman–Crippen MR) is 159 cm³/mol. The van der Waals surface area contributed by atoms with E-state index in [2.05, 4.69) is 28.0 Å². The molecule has 2 aliphatic rings. The second kappa shape index (κ2) is 14.8. The van der Waals surface area contributed by atoms with E-state index in [0.717, 1.165) is 67.0 Å². The molecule has 8 heteroatoms. The molecule has 1 spiro atoms. The summed E-state index contributed by atoms with van der Waals surface area (Å²) in [5.41, 5.74) is 3.55. The van der Waals surface area contributed by atoms with Gasteiger partial charge in [0.25, 0.3) is 5.91 Å². The van der Waals surface area contributed by atoms with Gasteiger partial charge in [0.1, 0.15) is 11.4 Å². The summed E-state index contributed by atoms with van der Waals surface area (Å²) in [5.74, 6) is 0.897. The third kappa shape index (κ3) is 8.17. The normalized spacial score (nSPS) is 17.3. The lowest BCUT2D eigenvalue weighted by Gasteiger charge is -2.34. The van der Waals surface area contributed by atoms with Crippen LogP contribution in [0.4, 0.5) is 5.69 Å². The number of amidine groups is 1. The molecule has 0 radical (unpaired) electrons. The number of aliphatic hydroxyl groups excluding tert-OH is 1. The number of unbranched alkanes of at least 4 members (excludes halogenated alkanes) is 6. The summed E-state index contributed by atoms with van der Waals surface area (Å²) in [6, 6.07) is 4.00. The quantitative estimate of drug-likeness (QED) is 0.230. The third-order valence-electron chi connectivity index (χ3n) is 7.63. The van der Waals surface area contributed by atoms with Crippen LogP contribution in [0.5, 0.6) is 0 Å². The average Bonchev–Trinajstić information content (AvgIpc) is 3.18. The van der Waals surface area contributed by atoms with Crippen LogP contribution in [-0.4, -0.2) is 58.8 Å². The number of nitrogens with one attached hydrogen (secondary N) is 1. The minimum atomic E-state index is -0.572. The maximum Gasteiger partial charge on any atom is 0.253 e. The van der Waals surface area contributed by atoms with Crippen molar-refractivity contribution in [1.29, 1.82) is 0 Å². The summed E-state index contributed by atoms with van der Waals surface area (Å²) in [7, 11) is 0. The molecule has 2 amide bonds. The van der Waals surface area contributed by atoms with Crippen LogP contribution in [0.1, 0.15) is 94.7 Å². The summed E-state index contributed by atoms with van der Waals surface area (Å²) >= 11 is 1.68. The van der Waals surface area contributed by atoms with E-state index in [1.807, 2.05) is 26.0 Å². The number of carbonyl (C=O) groups excluding carboxylic acids is 2. The molecule has 2 N–H and O–H groups in total. The number of piperidine rings is 1. The molecule has 3 rings (SSSR count). The van der Waals surface area contributed by atoms with E-state index in [1.165, 1.54) is 45.4 Å². The Kier molecular flexibility index (Phi) is 11.9. The van der Waals surface area contributed by atoms with Crippen LogP contribution in [0.25, 0.3) is 6.08 Å². The Morgan fingerprint density at radius 1 is 1.13 bits per heavy atom. The fraction of sp³-hybridized carbons (Fsp3) is 0.633. The van der Waals surface area contributed by atoms with Crippen molar-refractivity contribution in [2.24, 2.45) is 4.99 Å². The summed E-state index contributed by atoms with van der Waals surface area (Å²) in [6.07, 6.45) is 13.3. The molecule has 1 saturated heterocycles. The van der Waals surface area contributed by atoms with Crippen molar-refractivity contribution < 1.29 is 14.7 Å². The molecule has 7 nitrogen and oxygen atoms in total. The van der Waals surface area contributed by atoms with Gasteiger partial charge < -0.3 is 15.3 Å². The smallest absolute Gasteiger partial charge is 0.253 e. The Labute approximate surface area is 233 Å². The van der Waals surface area contributed by atoms with Gasteiger partial charge in [-0.2, -0.15) is 0 Å². The number of carbonyl (C=O) groups is 2. The molecule has 0 aliphatic carbocycles. The van der Waals surface area contributed by atoms with Crippen LogP contribution in [-0.2, 0) is 9.59 Å². The molecular formula is C30H46N4O3S. The van der Waals surface area contributed by atoms with Gasteiger partial charge >= 0.3 is 0 Å². The average molecular weight is 543 g/mol. The number of hydrogen-bond donors (Lipinski definition) is 2. The zero-order valence-corrected chi connectivity index (χ0v) is 24.5. The van der Waals surface area contributed by atoms with Gasteiger partial charge in [0.2, 0.25) is 5.91 Å². The standard InChI is InChI=1S/C30H46N4O3S/c1-5-6-7-8-9-10-11-12-28-31-29(37)30(32-28)14-16-33(17-15-30)38-20-13-27-23(2)21-26(22-24(27)3)34(18-19-35)25(4)36/h13,20-22,35H,5-12,14-19H2,1-4H3,(H,31,32,37)/b20-13+. The molecule has 0 bridgehead atoms. The number of hydrogen-bond acceptors (Lipinski definition) is 6. The number of rotatable bonds is 14. The van der Waals surface area contributed by atoms with Gasteiger partial charge in [-0.05, 0) is 73.4 Å². The number of aliphatic imine (C=N–C) groups is 1.